The highest BCUT2D eigenvalue weighted by Gasteiger charge is 1.86. The number of hydrogen-bond donors (Lipinski definition) is 1. The van der Waals surface area contributed by atoms with E-state index in [9.17, 15) is 4.79 Å². The lowest BCUT2D eigenvalue weighted by molar-refractivity contribution is 0.112. The smallest absolute Gasteiger partial charge is 0.150 e. The van der Waals surface area contributed by atoms with Gasteiger partial charge in [0.05, 0.1) is 0 Å². The molecule has 2 nitrogen and oxygen atoms in total. The molecule has 0 fully saturated rings. The summed E-state index contributed by atoms with van der Waals surface area (Å²) < 4.78 is 0. The van der Waals surface area contributed by atoms with Gasteiger partial charge in [0.15, 0.2) is 0 Å². The van der Waals surface area contributed by atoms with Gasteiger partial charge in [0.1, 0.15) is 12.0 Å². The van der Waals surface area contributed by atoms with Gasteiger partial charge in [-0.15, -0.1) is 0 Å². The Morgan fingerprint density at radius 3 is 2.00 bits per heavy atom. The summed E-state index contributed by atoms with van der Waals surface area (Å²) in [5, 5.41) is 8.74. The van der Waals surface area contributed by atoms with E-state index in [4.69, 9.17) is 5.11 Å². The number of carbonyl (C=O) groups is 1. The lowest BCUT2D eigenvalue weighted by Gasteiger charge is -1.88. The van der Waals surface area contributed by atoms with Gasteiger partial charge >= 0.3 is 0 Å². The quantitative estimate of drug-likeness (QED) is 0.626. The molecular weight excluding hydrogens is 140 g/mol. The van der Waals surface area contributed by atoms with E-state index in [2.05, 4.69) is 0 Å². The second-order valence-electron chi connectivity index (χ2n) is 1.71. The fourth-order valence-corrected chi connectivity index (χ4v) is 0.553. The van der Waals surface area contributed by atoms with Crippen LogP contribution in [-0.2, 0) is 0 Å². The standard InChI is InChI=1S/C7H6O2.C2H6/c8-5-6-1-3-7(9)4-2-6;1-2/h1-5,9H;1-2H3. The molecule has 1 N–H and O–H groups in total. The summed E-state index contributed by atoms with van der Waals surface area (Å²) in [4.78, 5) is 10.0. The van der Waals surface area contributed by atoms with Crippen LogP contribution < -0.4 is 0 Å². The van der Waals surface area contributed by atoms with Crippen molar-refractivity contribution in [2.24, 2.45) is 0 Å². The molecule has 1 aromatic rings. The highest BCUT2D eigenvalue weighted by Crippen LogP contribution is 2.07. The zero-order valence-corrected chi connectivity index (χ0v) is 6.74. The van der Waals surface area contributed by atoms with Gasteiger partial charge < -0.3 is 5.11 Å². The van der Waals surface area contributed by atoms with E-state index in [0.29, 0.717) is 5.56 Å². The zero-order valence-electron chi connectivity index (χ0n) is 6.74. The van der Waals surface area contributed by atoms with Crippen molar-refractivity contribution in [2.45, 2.75) is 13.8 Å². The molecule has 1 rings (SSSR count). The van der Waals surface area contributed by atoms with Crippen LogP contribution in [0.4, 0.5) is 0 Å². The van der Waals surface area contributed by atoms with Gasteiger partial charge in [0.2, 0.25) is 0 Å². The van der Waals surface area contributed by atoms with Crippen molar-refractivity contribution in [3.63, 3.8) is 0 Å². The van der Waals surface area contributed by atoms with Crippen LogP contribution in [0.2, 0.25) is 0 Å². The van der Waals surface area contributed by atoms with E-state index < -0.39 is 0 Å². The Bertz CT molecular complexity index is 201. The van der Waals surface area contributed by atoms with Crippen molar-refractivity contribution in [3.05, 3.63) is 29.8 Å². The normalized spacial score (nSPS) is 7.82. The maximum absolute atomic E-state index is 10.0. The monoisotopic (exact) mass is 152 g/mol. The SMILES string of the molecule is CC.O=Cc1ccc(O)cc1. The number of benzene rings is 1. The second kappa shape index (κ2) is 5.47. The fourth-order valence-electron chi connectivity index (χ4n) is 0.553. The van der Waals surface area contributed by atoms with Gasteiger partial charge in [0.25, 0.3) is 0 Å². The van der Waals surface area contributed by atoms with Crippen molar-refractivity contribution >= 4 is 6.29 Å². The lowest BCUT2D eigenvalue weighted by atomic mass is 10.2. The minimum atomic E-state index is 0.181. The number of aldehydes is 1. The van der Waals surface area contributed by atoms with Gasteiger partial charge in [0, 0.05) is 5.56 Å². The van der Waals surface area contributed by atoms with Crippen LogP contribution in [0.5, 0.6) is 5.75 Å². The number of phenols is 1. The molecule has 0 saturated heterocycles. The first kappa shape index (κ1) is 9.69. The van der Waals surface area contributed by atoms with Crippen molar-refractivity contribution in [3.8, 4) is 5.75 Å². The first-order valence-corrected chi connectivity index (χ1v) is 3.57. The van der Waals surface area contributed by atoms with Gasteiger partial charge in [-0.1, -0.05) is 13.8 Å². The maximum atomic E-state index is 10.0. The van der Waals surface area contributed by atoms with Crippen molar-refractivity contribution in [1.82, 2.24) is 0 Å². The molecule has 0 amide bonds. The third-order valence-electron chi connectivity index (χ3n) is 1.03. The average molecular weight is 152 g/mol. The molecule has 11 heavy (non-hydrogen) atoms. The summed E-state index contributed by atoms with van der Waals surface area (Å²) in [7, 11) is 0. The molecule has 0 aliphatic carbocycles. The molecule has 0 atom stereocenters. The summed E-state index contributed by atoms with van der Waals surface area (Å²) in [6.45, 7) is 4.00. The highest BCUT2D eigenvalue weighted by molar-refractivity contribution is 5.74. The van der Waals surface area contributed by atoms with Crippen molar-refractivity contribution in [1.29, 1.82) is 0 Å². The Labute approximate surface area is 66.5 Å². The van der Waals surface area contributed by atoms with Crippen LogP contribution in [0.15, 0.2) is 24.3 Å². The minimum Gasteiger partial charge on any atom is -0.508 e. The predicted molar refractivity (Wildman–Crippen MR) is 44.8 cm³/mol. The zero-order chi connectivity index (χ0) is 8.69. The fraction of sp³-hybridized carbons (Fsp3) is 0.222. The van der Waals surface area contributed by atoms with Gasteiger partial charge in [-0.05, 0) is 24.3 Å². The van der Waals surface area contributed by atoms with Crippen LogP contribution in [0, 0.1) is 0 Å². The molecule has 0 aliphatic heterocycles. The molecular formula is C9H12O2. The van der Waals surface area contributed by atoms with Gasteiger partial charge in [-0.3, -0.25) is 4.79 Å². The minimum absolute atomic E-state index is 0.181. The third kappa shape index (κ3) is 3.40. The Balaban J connectivity index is 0.000000461. The summed E-state index contributed by atoms with van der Waals surface area (Å²) in [6, 6.07) is 6.07. The Hall–Kier alpha value is -1.31. The maximum Gasteiger partial charge on any atom is 0.150 e. The topological polar surface area (TPSA) is 37.3 Å². The van der Waals surface area contributed by atoms with E-state index in [1.165, 1.54) is 12.1 Å². The Morgan fingerprint density at radius 2 is 1.64 bits per heavy atom. The Kier molecular flexibility index (Phi) is 4.82. The summed E-state index contributed by atoms with van der Waals surface area (Å²) in [6.07, 6.45) is 0.736. The van der Waals surface area contributed by atoms with Crippen LogP contribution >= 0.6 is 0 Å². The molecule has 0 bridgehead atoms. The van der Waals surface area contributed by atoms with E-state index >= 15 is 0 Å². The highest BCUT2D eigenvalue weighted by atomic mass is 16.3. The second-order valence-corrected chi connectivity index (χ2v) is 1.71. The number of rotatable bonds is 1. The number of phenolic OH excluding ortho intramolecular Hbond substituents is 1. The lowest BCUT2D eigenvalue weighted by Crippen LogP contribution is -1.74. The number of aromatic hydroxyl groups is 1. The molecule has 0 spiro atoms. The molecule has 0 saturated carbocycles. The largest absolute Gasteiger partial charge is 0.508 e. The summed E-state index contributed by atoms with van der Waals surface area (Å²) in [5.74, 6) is 0.181. The third-order valence-corrected chi connectivity index (χ3v) is 1.03. The Morgan fingerprint density at radius 1 is 1.18 bits per heavy atom. The van der Waals surface area contributed by atoms with E-state index in [1.54, 1.807) is 12.1 Å². The molecule has 1 aromatic carbocycles. The van der Waals surface area contributed by atoms with Crippen molar-refractivity contribution < 1.29 is 9.90 Å². The van der Waals surface area contributed by atoms with Crippen LogP contribution in [0.3, 0.4) is 0 Å². The summed E-state index contributed by atoms with van der Waals surface area (Å²) >= 11 is 0. The molecule has 0 aliphatic rings. The van der Waals surface area contributed by atoms with E-state index in [-0.39, 0.29) is 5.75 Å². The van der Waals surface area contributed by atoms with Crippen LogP contribution in [0.1, 0.15) is 24.2 Å². The molecule has 2 heteroatoms. The molecule has 0 aromatic heterocycles. The molecule has 0 heterocycles. The van der Waals surface area contributed by atoms with Gasteiger partial charge in [-0.2, -0.15) is 0 Å². The number of carbonyl (C=O) groups excluding carboxylic acids is 1. The molecule has 60 valence electrons. The van der Waals surface area contributed by atoms with E-state index in [1.807, 2.05) is 13.8 Å². The first-order valence-electron chi connectivity index (χ1n) is 3.57. The van der Waals surface area contributed by atoms with Crippen LogP contribution in [0.25, 0.3) is 0 Å². The average Bonchev–Trinajstić information content (AvgIpc) is 2.10. The first-order chi connectivity index (χ1) is 5.33. The van der Waals surface area contributed by atoms with Crippen LogP contribution in [-0.4, -0.2) is 11.4 Å². The number of hydrogen-bond acceptors (Lipinski definition) is 2. The molecule has 0 radical (unpaired) electrons. The van der Waals surface area contributed by atoms with Gasteiger partial charge in [-0.25, -0.2) is 0 Å². The van der Waals surface area contributed by atoms with Crippen molar-refractivity contribution in [2.75, 3.05) is 0 Å². The summed E-state index contributed by atoms with van der Waals surface area (Å²) in [5.41, 5.74) is 0.577. The van der Waals surface area contributed by atoms with E-state index in [0.717, 1.165) is 6.29 Å². The predicted octanol–water partition coefficient (Wildman–Crippen LogP) is 2.23. The molecule has 0 unspecified atom stereocenters.